The first-order valence-electron chi connectivity index (χ1n) is 5.02. The van der Waals surface area contributed by atoms with Gasteiger partial charge in [0.25, 0.3) is 0 Å². The molecule has 0 amide bonds. The third kappa shape index (κ3) is 2.09. The first-order valence-corrected chi connectivity index (χ1v) is 5.02. The molecule has 5 heteroatoms. The molecule has 84 valence electrons. The van der Waals surface area contributed by atoms with Gasteiger partial charge in [-0.25, -0.2) is 14.1 Å². The average Bonchev–Trinajstić information content (AvgIpc) is 2.71. The highest BCUT2D eigenvalue weighted by atomic mass is 19.1. The van der Waals surface area contributed by atoms with Crippen LogP contribution in [0.2, 0.25) is 0 Å². The van der Waals surface area contributed by atoms with Gasteiger partial charge in [0.1, 0.15) is 18.0 Å². The topological polar surface area (TPSA) is 56.7 Å². The third-order valence-corrected chi connectivity index (χ3v) is 2.51. The van der Waals surface area contributed by atoms with Gasteiger partial charge in [-0.05, 0) is 30.2 Å². The van der Waals surface area contributed by atoms with E-state index in [1.54, 1.807) is 10.7 Å². The molecule has 2 N–H and O–H groups in total. The molecule has 1 aromatic heterocycles. The Hall–Kier alpha value is -1.75. The van der Waals surface area contributed by atoms with Gasteiger partial charge >= 0.3 is 0 Å². The molecule has 4 nitrogen and oxygen atoms in total. The molecule has 0 bridgehead atoms. The fourth-order valence-electron chi connectivity index (χ4n) is 1.55. The van der Waals surface area contributed by atoms with Gasteiger partial charge in [0.2, 0.25) is 0 Å². The summed E-state index contributed by atoms with van der Waals surface area (Å²) in [6.45, 7) is 2.76. The lowest BCUT2D eigenvalue weighted by Gasteiger charge is -2.07. The van der Waals surface area contributed by atoms with Crippen molar-refractivity contribution < 1.29 is 4.39 Å². The maximum Gasteiger partial charge on any atom is 0.140 e. The van der Waals surface area contributed by atoms with E-state index in [1.165, 1.54) is 18.5 Å². The Kier molecular flexibility index (Phi) is 2.96. The number of aryl methyl sites for hydroxylation is 1. The lowest BCUT2D eigenvalue weighted by atomic mass is 10.1. The van der Waals surface area contributed by atoms with Gasteiger partial charge in [0.15, 0.2) is 0 Å². The minimum Gasteiger partial charge on any atom is -0.324 e. The Balaban J connectivity index is 2.30. The molecule has 0 saturated heterocycles. The van der Waals surface area contributed by atoms with Gasteiger partial charge in [0.05, 0.1) is 13.1 Å². The summed E-state index contributed by atoms with van der Waals surface area (Å²) in [4.78, 5) is 4.02. The number of rotatable bonds is 3. The van der Waals surface area contributed by atoms with E-state index in [0.717, 1.165) is 11.1 Å². The number of aromatic nitrogens is 3. The monoisotopic (exact) mass is 220 g/mol. The number of hydrogen-bond donors (Lipinski definition) is 1. The first-order chi connectivity index (χ1) is 7.70. The number of nitrogens with two attached hydrogens (primary N) is 1. The highest BCUT2D eigenvalue weighted by molar-refractivity contribution is 5.26. The largest absolute Gasteiger partial charge is 0.324 e. The number of benzene rings is 1. The van der Waals surface area contributed by atoms with Gasteiger partial charge in [-0.1, -0.05) is 6.07 Å². The van der Waals surface area contributed by atoms with E-state index in [0.29, 0.717) is 18.9 Å². The van der Waals surface area contributed by atoms with Crippen molar-refractivity contribution in [2.45, 2.75) is 20.0 Å². The zero-order valence-corrected chi connectivity index (χ0v) is 9.02. The first kappa shape index (κ1) is 10.8. The van der Waals surface area contributed by atoms with Crippen molar-refractivity contribution in [3.63, 3.8) is 0 Å². The molecular formula is C11H13FN4. The third-order valence-electron chi connectivity index (χ3n) is 2.51. The zero-order valence-electron chi connectivity index (χ0n) is 9.02. The molecule has 1 heterocycles. The summed E-state index contributed by atoms with van der Waals surface area (Å²) in [6.07, 6.45) is 1.46. The van der Waals surface area contributed by atoms with Crippen molar-refractivity contribution in [2.24, 2.45) is 5.73 Å². The van der Waals surface area contributed by atoms with Crippen molar-refractivity contribution in [2.75, 3.05) is 0 Å². The zero-order chi connectivity index (χ0) is 11.5. The highest BCUT2D eigenvalue weighted by Gasteiger charge is 2.06. The molecule has 0 spiro atoms. The molecule has 2 rings (SSSR count). The van der Waals surface area contributed by atoms with Crippen LogP contribution < -0.4 is 5.73 Å². The van der Waals surface area contributed by atoms with E-state index >= 15 is 0 Å². The lowest BCUT2D eigenvalue weighted by Crippen LogP contribution is -2.11. The molecule has 0 saturated carbocycles. The van der Waals surface area contributed by atoms with Gasteiger partial charge in [-0.15, -0.1) is 0 Å². The quantitative estimate of drug-likeness (QED) is 0.846. The standard InChI is InChI=1S/C11H13FN4/c1-8-2-3-10(12)4-9(8)6-16-11(5-13)14-7-15-16/h2-4,7H,5-6,13H2,1H3. The number of hydrogen-bond acceptors (Lipinski definition) is 3. The van der Waals surface area contributed by atoms with Gasteiger partial charge in [-0.3, -0.25) is 0 Å². The Labute approximate surface area is 92.9 Å². The summed E-state index contributed by atoms with van der Waals surface area (Å²) in [7, 11) is 0. The van der Waals surface area contributed by atoms with E-state index in [1.807, 2.05) is 6.92 Å². The molecular weight excluding hydrogens is 207 g/mol. The van der Waals surface area contributed by atoms with Crippen LogP contribution in [-0.4, -0.2) is 14.8 Å². The summed E-state index contributed by atoms with van der Waals surface area (Å²) >= 11 is 0. The number of halogens is 1. The second-order valence-electron chi connectivity index (χ2n) is 3.61. The molecule has 0 unspecified atom stereocenters. The fourth-order valence-corrected chi connectivity index (χ4v) is 1.55. The van der Waals surface area contributed by atoms with Crippen LogP contribution in [0.3, 0.4) is 0 Å². The average molecular weight is 220 g/mol. The molecule has 0 fully saturated rings. The molecule has 0 aliphatic heterocycles. The van der Waals surface area contributed by atoms with Crippen LogP contribution in [0.5, 0.6) is 0 Å². The SMILES string of the molecule is Cc1ccc(F)cc1Cn1ncnc1CN. The molecule has 1 aromatic carbocycles. The van der Waals surface area contributed by atoms with Crippen LogP contribution in [-0.2, 0) is 13.1 Å². The van der Waals surface area contributed by atoms with Crippen molar-refractivity contribution in [3.05, 3.63) is 47.3 Å². The Morgan fingerprint density at radius 1 is 1.44 bits per heavy atom. The smallest absolute Gasteiger partial charge is 0.140 e. The molecule has 16 heavy (non-hydrogen) atoms. The second-order valence-corrected chi connectivity index (χ2v) is 3.61. The molecule has 0 aliphatic rings. The highest BCUT2D eigenvalue weighted by Crippen LogP contribution is 2.12. The van der Waals surface area contributed by atoms with E-state index in [9.17, 15) is 4.39 Å². The molecule has 0 atom stereocenters. The van der Waals surface area contributed by atoms with Crippen molar-refractivity contribution in [3.8, 4) is 0 Å². The summed E-state index contributed by atoms with van der Waals surface area (Å²) in [6, 6.07) is 4.71. The van der Waals surface area contributed by atoms with E-state index in [-0.39, 0.29) is 5.82 Å². The summed E-state index contributed by atoms with van der Waals surface area (Å²) in [5.74, 6) is 0.457. The summed E-state index contributed by atoms with van der Waals surface area (Å²) in [5.41, 5.74) is 7.44. The molecule has 0 radical (unpaired) electrons. The van der Waals surface area contributed by atoms with Crippen LogP contribution >= 0.6 is 0 Å². The maximum absolute atomic E-state index is 13.1. The summed E-state index contributed by atoms with van der Waals surface area (Å²) in [5, 5.41) is 4.06. The molecule has 0 aliphatic carbocycles. The molecule has 2 aromatic rings. The Morgan fingerprint density at radius 2 is 2.25 bits per heavy atom. The fraction of sp³-hybridized carbons (Fsp3) is 0.273. The number of nitrogens with zero attached hydrogens (tertiary/aromatic N) is 3. The predicted molar refractivity (Wildman–Crippen MR) is 58.2 cm³/mol. The van der Waals surface area contributed by atoms with E-state index in [2.05, 4.69) is 10.1 Å². The van der Waals surface area contributed by atoms with Crippen molar-refractivity contribution in [1.29, 1.82) is 0 Å². The van der Waals surface area contributed by atoms with Gasteiger partial charge in [-0.2, -0.15) is 5.10 Å². The Morgan fingerprint density at radius 3 is 3.00 bits per heavy atom. The lowest BCUT2D eigenvalue weighted by molar-refractivity contribution is 0.609. The van der Waals surface area contributed by atoms with Gasteiger partial charge < -0.3 is 5.73 Å². The van der Waals surface area contributed by atoms with Crippen molar-refractivity contribution in [1.82, 2.24) is 14.8 Å². The second kappa shape index (κ2) is 4.40. The normalized spacial score (nSPS) is 10.7. The summed E-state index contributed by atoms with van der Waals surface area (Å²) < 4.78 is 14.8. The van der Waals surface area contributed by atoms with Crippen LogP contribution in [0.15, 0.2) is 24.5 Å². The minimum absolute atomic E-state index is 0.241. The van der Waals surface area contributed by atoms with Gasteiger partial charge in [0, 0.05) is 0 Å². The van der Waals surface area contributed by atoms with Crippen LogP contribution in [0.4, 0.5) is 4.39 Å². The predicted octanol–water partition coefficient (Wildman–Crippen LogP) is 1.23. The maximum atomic E-state index is 13.1. The van der Waals surface area contributed by atoms with Crippen LogP contribution in [0, 0.1) is 12.7 Å². The minimum atomic E-state index is -0.241. The van der Waals surface area contributed by atoms with Crippen LogP contribution in [0.25, 0.3) is 0 Å². The van der Waals surface area contributed by atoms with E-state index < -0.39 is 0 Å². The van der Waals surface area contributed by atoms with Crippen LogP contribution in [0.1, 0.15) is 17.0 Å². The van der Waals surface area contributed by atoms with E-state index in [4.69, 9.17) is 5.73 Å². The van der Waals surface area contributed by atoms with Crippen molar-refractivity contribution >= 4 is 0 Å². The Bertz CT molecular complexity index is 492.